The minimum Gasteiger partial charge on any atom is -0.497 e. The van der Waals surface area contributed by atoms with Gasteiger partial charge in [-0.15, -0.1) is 0 Å². The molecule has 0 heterocycles. The van der Waals surface area contributed by atoms with Crippen LogP contribution in [0, 0.1) is 0 Å². The van der Waals surface area contributed by atoms with Gasteiger partial charge in [0.1, 0.15) is 5.75 Å². The number of benzene rings is 1. The fraction of sp³-hybridized carbons (Fsp3) is 0.538. The van der Waals surface area contributed by atoms with Crippen molar-refractivity contribution in [1.29, 1.82) is 0 Å². The largest absolute Gasteiger partial charge is 0.497 e. The average molecular weight is 238 g/mol. The van der Waals surface area contributed by atoms with Crippen molar-refractivity contribution in [3.63, 3.8) is 0 Å². The van der Waals surface area contributed by atoms with Gasteiger partial charge in [-0.25, -0.2) is 0 Å². The fourth-order valence-electron chi connectivity index (χ4n) is 1.65. The third kappa shape index (κ3) is 4.24. The second kappa shape index (κ2) is 7.14. The number of hydrogen-bond acceptors (Lipinski definition) is 4. The molecule has 0 radical (unpaired) electrons. The summed E-state index contributed by atoms with van der Waals surface area (Å²) in [6.07, 6.45) is 0. The maximum absolute atomic E-state index is 5.99. The van der Waals surface area contributed by atoms with Gasteiger partial charge in [-0.3, -0.25) is 4.90 Å². The summed E-state index contributed by atoms with van der Waals surface area (Å²) < 4.78 is 10.2. The lowest BCUT2D eigenvalue weighted by Crippen LogP contribution is -2.27. The molecule has 0 unspecified atom stereocenters. The highest BCUT2D eigenvalue weighted by molar-refractivity contribution is 5.51. The van der Waals surface area contributed by atoms with Crippen LogP contribution in [-0.2, 0) is 11.3 Å². The second-order valence-electron chi connectivity index (χ2n) is 3.93. The van der Waals surface area contributed by atoms with Gasteiger partial charge in [0.05, 0.1) is 13.7 Å². The number of ether oxygens (including phenoxy) is 2. The maximum atomic E-state index is 5.99. The van der Waals surface area contributed by atoms with Crippen molar-refractivity contribution in [2.24, 2.45) is 0 Å². The molecule has 0 amide bonds. The summed E-state index contributed by atoms with van der Waals surface area (Å²) in [4.78, 5) is 2.29. The average Bonchev–Trinajstić information content (AvgIpc) is 2.36. The number of anilines is 1. The molecule has 0 saturated carbocycles. The van der Waals surface area contributed by atoms with E-state index in [2.05, 4.69) is 11.8 Å². The first-order chi connectivity index (χ1) is 8.21. The smallest absolute Gasteiger partial charge is 0.120 e. The van der Waals surface area contributed by atoms with E-state index in [9.17, 15) is 0 Å². The van der Waals surface area contributed by atoms with Gasteiger partial charge in [0.25, 0.3) is 0 Å². The number of hydrogen-bond donors (Lipinski definition) is 1. The van der Waals surface area contributed by atoms with Gasteiger partial charge in [0.2, 0.25) is 0 Å². The number of likely N-dealkylation sites (N-methyl/N-ethyl adjacent to an activating group) is 1. The van der Waals surface area contributed by atoms with E-state index in [4.69, 9.17) is 15.2 Å². The van der Waals surface area contributed by atoms with E-state index < -0.39 is 0 Å². The zero-order chi connectivity index (χ0) is 12.7. The van der Waals surface area contributed by atoms with Gasteiger partial charge in [-0.1, -0.05) is 13.0 Å². The van der Waals surface area contributed by atoms with Crippen molar-refractivity contribution < 1.29 is 9.47 Å². The quantitative estimate of drug-likeness (QED) is 0.735. The van der Waals surface area contributed by atoms with Crippen LogP contribution < -0.4 is 10.5 Å². The van der Waals surface area contributed by atoms with Gasteiger partial charge in [-0.2, -0.15) is 0 Å². The first-order valence-electron chi connectivity index (χ1n) is 5.85. The lowest BCUT2D eigenvalue weighted by molar-refractivity contribution is 0.147. The Bertz CT molecular complexity index is 342. The predicted molar refractivity (Wildman–Crippen MR) is 70.2 cm³/mol. The zero-order valence-electron chi connectivity index (χ0n) is 10.9. The molecule has 17 heavy (non-hydrogen) atoms. The van der Waals surface area contributed by atoms with Crippen LogP contribution >= 0.6 is 0 Å². The monoisotopic (exact) mass is 238 g/mol. The van der Waals surface area contributed by atoms with E-state index in [-0.39, 0.29) is 0 Å². The minimum atomic E-state index is 0.740. The first kappa shape index (κ1) is 13.8. The molecule has 4 heteroatoms. The molecule has 96 valence electrons. The van der Waals surface area contributed by atoms with Crippen LogP contribution in [0.15, 0.2) is 18.2 Å². The third-order valence-electron chi connectivity index (χ3n) is 2.81. The predicted octanol–water partition coefficient (Wildman–Crippen LogP) is 1.75. The van der Waals surface area contributed by atoms with E-state index in [0.29, 0.717) is 0 Å². The van der Waals surface area contributed by atoms with Crippen LogP contribution in [0.25, 0.3) is 0 Å². The van der Waals surface area contributed by atoms with E-state index in [1.54, 1.807) is 14.2 Å². The Morgan fingerprint density at radius 2 is 2.06 bits per heavy atom. The van der Waals surface area contributed by atoms with Crippen LogP contribution in [0.5, 0.6) is 5.75 Å². The molecule has 0 spiro atoms. The molecular formula is C13H22N2O2. The summed E-state index contributed by atoms with van der Waals surface area (Å²) in [5, 5.41) is 0. The summed E-state index contributed by atoms with van der Waals surface area (Å²) in [6.45, 7) is 5.61. The van der Waals surface area contributed by atoms with Crippen molar-refractivity contribution in [2.45, 2.75) is 13.5 Å². The Balaban J connectivity index is 2.65. The van der Waals surface area contributed by atoms with Crippen molar-refractivity contribution in [3.05, 3.63) is 23.8 Å². The van der Waals surface area contributed by atoms with E-state index >= 15 is 0 Å². The van der Waals surface area contributed by atoms with Crippen molar-refractivity contribution in [1.82, 2.24) is 4.90 Å². The molecule has 4 nitrogen and oxygen atoms in total. The number of methoxy groups -OCH3 is 2. The van der Waals surface area contributed by atoms with Crippen molar-refractivity contribution in [3.8, 4) is 5.75 Å². The highest BCUT2D eigenvalue weighted by Crippen LogP contribution is 2.20. The third-order valence-corrected chi connectivity index (χ3v) is 2.81. The minimum absolute atomic E-state index is 0.740. The molecule has 0 aliphatic heterocycles. The number of nitrogens with two attached hydrogens (primary N) is 1. The number of nitrogen functional groups attached to an aromatic ring is 1. The summed E-state index contributed by atoms with van der Waals surface area (Å²) in [5.41, 5.74) is 7.90. The standard InChI is InChI=1S/C13H22N2O2/c1-4-15(7-8-16-2)10-11-5-6-12(17-3)9-13(11)14/h5-6,9H,4,7-8,10,14H2,1-3H3. The molecule has 0 aliphatic carbocycles. The van der Waals surface area contributed by atoms with Gasteiger partial charge < -0.3 is 15.2 Å². The fourth-order valence-corrected chi connectivity index (χ4v) is 1.65. The summed E-state index contributed by atoms with van der Waals surface area (Å²) in [7, 11) is 3.36. The molecule has 2 N–H and O–H groups in total. The van der Waals surface area contributed by atoms with E-state index in [1.165, 1.54) is 0 Å². The van der Waals surface area contributed by atoms with Crippen molar-refractivity contribution >= 4 is 5.69 Å². The van der Waals surface area contributed by atoms with Gasteiger partial charge in [0.15, 0.2) is 0 Å². The lowest BCUT2D eigenvalue weighted by atomic mass is 10.1. The van der Waals surface area contributed by atoms with Gasteiger partial charge in [-0.05, 0) is 18.2 Å². The molecule has 0 fully saturated rings. The SMILES string of the molecule is CCN(CCOC)Cc1ccc(OC)cc1N. The Morgan fingerprint density at radius 3 is 2.59 bits per heavy atom. The Morgan fingerprint density at radius 1 is 1.29 bits per heavy atom. The molecule has 1 aromatic carbocycles. The Hall–Kier alpha value is -1.26. The molecule has 1 aromatic rings. The van der Waals surface area contributed by atoms with Crippen LogP contribution in [0.3, 0.4) is 0 Å². The summed E-state index contributed by atoms with van der Waals surface area (Å²) in [5.74, 6) is 0.797. The molecule has 0 aliphatic rings. The van der Waals surface area contributed by atoms with Gasteiger partial charge in [0, 0.05) is 32.0 Å². The molecule has 0 saturated heterocycles. The summed E-state index contributed by atoms with van der Waals surface area (Å²) >= 11 is 0. The maximum Gasteiger partial charge on any atom is 0.120 e. The van der Waals surface area contributed by atoms with E-state index in [1.807, 2.05) is 18.2 Å². The normalized spacial score (nSPS) is 10.8. The molecule has 0 atom stereocenters. The highest BCUT2D eigenvalue weighted by atomic mass is 16.5. The highest BCUT2D eigenvalue weighted by Gasteiger charge is 2.07. The molecule has 0 aromatic heterocycles. The Labute approximate surface area is 103 Å². The first-order valence-corrected chi connectivity index (χ1v) is 5.85. The Kier molecular flexibility index (Phi) is 5.80. The van der Waals surface area contributed by atoms with Crippen LogP contribution in [0.1, 0.15) is 12.5 Å². The van der Waals surface area contributed by atoms with E-state index in [0.717, 1.165) is 43.2 Å². The second-order valence-corrected chi connectivity index (χ2v) is 3.93. The van der Waals surface area contributed by atoms with Crippen LogP contribution in [0.4, 0.5) is 5.69 Å². The summed E-state index contributed by atoms with van der Waals surface area (Å²) in [6, 6.07) is 5.82. The molecule has 0 bridgehead atoms. The zero-order valence-corrected chi connectivity index (χ0v) is 10.9. The van der Waals surface area contributed by atoms with Gasteiger partial charge >= 0.3 is 0 Å². The van der Waals surface area contributed by atoms with Crippen LogP contribution in [-0.4, -0.2) is 38.8 Å². The molecule has 1 rings (SSSR count). The molecular weight excluding hydrogens is 216 g/mol. The van der Waals surface area contributed by atoms with Crippen molar-refractivity contribution in [2.75, 3.05) is 39.6 Å². The van der Waals surface area contributed by atoms with Crippen LogP contribution in [0.2, 0.25) is 0 Å². The topological polar surface area (TPSA) is 47.7 Å². The number of rotatable bonds is 7. The number of nitrogens with zero attached hydrogens (tertiary/aromatic N) is 1. The lowest BCUT2D eigenvalue weighted by Gasteiger charge is -2.21.